The van der Waals surface area contributed by atoms with Crippen molar-refractivity contribution >= 4 is 5.97 Å². The highest BCUT2D eigenvalue weighted by atomic mass is 16.5. The van der Waals surface area contributed by atoms with Crippen LogP contribution in [-0.4, -0.2) is 12.6 Å². The molecule has 0 heterocycles. The standard InChI is InChI=1S/C41H78O2/c1-3-5-7-9-11-13-15-17-19-21-22-23-24-25-27-29-31-33-35-37-39-41(42)43-40-38-36-34-32-30-28-26-20-18-16-14-12-10-8-6-4-2/h12,14,18,20H,3-11,13,15-17,19,21-40H2,1-2H3/b14-12-,20-18+. The Hall–Kier alpha value is -1.05. The van der Waals surface area contributed by atoms with E-state index in [1.807, 2.05) is 0 Å². The van der Waals surface area contributed by atoms with Gasteiger partial charge in [0.05, 0.1) is 6.61 Å². The van der Waals surface area contributed by atoms with Gasteiger partial charge >= 0.3 is 5.97 Å². The number of hydrogen-bond donors (Lipinski definition) is 0. The Morgan fingerprint density at radius 1 is 0.395 bits per heavy atom. The Morgan fingerprint density at radius 3 is 1.16 bits per heavy atom. The fraction of sp³-hybridized carbons (Fsp3) is 0.878. The smallest absolute Gasteiger partial charge is 0.305 e. The Balaban J connectivity index is 3.20. The molecule has 2 heteroatoms. The molecule has 0 fully saturated rings. The van der Waals surface area contributed by atoms with E-state index >= 15 is 0 Å². The number of unbranched alkanes of at least 4 members (excludes halogenated alkanes) is 28. The first-order valence-electron chi connectivity index (χ1n) is 19.8. The fourth-order valence-electron chi connectivity index (χ4n) is 5.87. The third-order valence-corrected chi connectivity index (χ3v) is 8.84. The maximum atomic E-state index is 12.0. The minimum absolute atomic E-state index is 0.0185. The summed E-state index contributed by atoms with van der Waals surface area (Å²) in [7, 11) is 0. The van der Waals surface area contributed by atoms with E-state index in [2.05, 4.69) is 38.2 Å². The van der Waals surface area contributed by atoms with E-state index in [0.29, 0.717) is 13.0 Å². The first-order valence-corrected chi connectivity index (χ1v) is 19.8. The van der Waals surface area contributed by atoms with E-state index in [-0.39, 0.29) is 5.97 Å². The lowest BCUT2D eigenvalue weighted by atomic mass is 10.0. The van der Waals surface area contributed by atoms with Crippen molar-refractivity contribution in [3.05, 3.63) is 24.3 Å². The van der Waals surface area contributed by atoms with Crippen LogP contribution in [0.1, 0.15) is 226 Å². The van der Waals surface area contributed by atoms with Gasteiger partial charge in [-0.05, 0) is 44.9 Å². The molecule has 0 aromatic rings. The maximum Gasteiger partial charge on any atom is 0.305 e. The van der Waals surface area contributed by atoms with Crippen LogP contribution >= 0.6 is 0 Å². The predicted molar refractivity (Wildman–Crippen MR) is 193 cm³/mol. The number of esters is 1. The topological polar surface area (TPSA) is 26.3 Å². The van der Waals surface area contributed by atoms with Crippen LogP contribution in [0.5, 0.6) is 0 Å². The molecular weight excluding hydrogens is 524 g/mol. The van der Waals surface area contributed by atoms with Crippen molar-refractivity contribution in [3.63, 3.8) is 0 Å². The molecule has 0 radical (unpaired) electrons. The van der Waals surface area contributed by atoms with Crippen LogP contribution in [0, 0.1) is 0 Å². The molecule has 254 valence electrons. The lowest BCUT2D eigenvalue weighted by Gasteiger charge is -2.05. The van der Waals surface area contributed by atoms with Crippen LogP contribution in [0.25, 0.3) is 0 Å². The minimum Gasteiger partial charge on any atom is -0.466 e. The Kier molecular flexibility index (Phi) is 38.0. The largest absolute Gasteiger partial charge is 0.466 e. The van der Waals surface area contributed by atoms with Gasteiger partial charge in [-0.2, -0.15) is 0 Å². The highest BCUT2D eigenvalue weighted by molar-refractivity contribution is 5.69. The monoisotopic (exact) mass is 603 g/mol. The van der Waals surface area contributed by atoms with Gasteiger partial charge in [0.2, 0.25) is 0 Å². The number of ether oxygens (including phenoxy) is 1. The molecule has 2 nitrogen and oxygen atoms in total. The summed E-state index contributed by atoms with van der Waals surface area (Å²) in [5.74, 6) is 0.0185. The average Bonchev–Trinajstić information content (AvgIpc) is 3.01. The van der Waals surface area contributed by atoms with Gasteiger partial charge in [0.15, 0.2) is 0 Å². The number of hydrogen-bond acceptors (Lipinski definition) is 2. The fourth-order valence-corrected chi connectivity index (χ4v) is 5.87. The van der Waals surface area contributed by atoms with Gasteiger partial charge in [0, 0.05) is 6.42 Å². The van der Waals surface area contributed by atoms with Crippen molar-refractivity contribution in [1.29, 1.82) is 0 Å². The summed E-state index contributed by atoms with van der Waals surface area (Å²) in [6.07, 6.45) is 52.6. The summed E-state index contributed by atoms with van der Waals surface area (Å²) in [4.78, 5) is 12.0. The molecule has 0 spiro atoms. The van der Waals surface area contributed by atoms with Gasteiger partial charge in [-0.25, -0.2) is 0 Å². The summed E-state index contributed by atoms with van der Waals surface area (Å²) in [6.45, 7) is 5.17. The van der Waals surface area contributed by atoms with E-state index in [0.717, 1.165) is 19.3 Å². The summed E-state index contributed by atoms with van der Waals surface area (Å²) in [5.41, 5.74) is 0. The molecule has 0 saturated carbocycles. The van der Waals surface area contributed by atoms with Crippen LogP contribution in [0.2, 0.25) is 0 Å². The van der Waals surface area contributed by atoms with Crippen molar-refractivity contribution in [1.82, 2.24) is 0 Å². The second-order valence-electron chi connectivity index (χ2n) is 13.3. The molecule has 0 amide bonds. The van der Waals surface area contributed by atoms with Crippen molar-refractivity contribution in [3.8, 4) is 0 Å². The van der Waals surface area contributed by atoms with E-state index < -0.39 is 0 Å². The van der Waals surface area contributed by atoms with Gasteiger partial charge in [0.25, 0.3) is 0 Å². The van der Waals surface area contributed by atoms with E-state index in [1.54, 1.807) is 0 Å². The first-order chi connectivity index (χ1) is 21.3. The van der Waals surface area contributed by atoms with Crippen molar-refractivity contribution in [2.45, 2.75) is 226 Å². The molecule has 0 N–H and O–H groups in total. The number of carbonyl (C=O) groups excluding carboxylic acids is 1. The zero-order chi connectivity index (χ0) is 31.2. The lowest BCUT2D eigenvalue weighted by Crippen LogP contribution is -2.05. The van der Waals surface area contributed by atoms with Gasteiger partial charge in [-0.1, -0.05) is 199 Å². The van der Waals surface area contributed by atoms with Gasteiger partial charge < -0.3 is 4.74 Å². The molecular formula is C41H78O2. The van der Waals surface area contributed by atoms with E-state index in [1.165, 1.54) is 186 Å². The Morgan fingerprint density at radius 2 is 0.721 bits per heavy atom. The Labute approximate surface area is 271 Å². The normalized spacial score (nSPS) is 11.8. The second kappa shape index (κ2) is 39.0. The molecule has 0 aromatic heterocycles. The van der Waals surface area contributed by atoms with E-state index in [4.69, 9.17) is 4.74 Å². The SMILES string of the molecule is CCCCC/C=C\C/C=C/CCCCCCCCOC(=O)CCCCCCCCCCCCCCCCCCCCCC. The predicted octanol–water partition coefficient (Wildman–Crippen LogP) is 14.6. The highest BCUT2D eigenvalue weighted by Crippen LogP contribution is 2.15. The quantitative estimate of drug-likeness (QED) is 0.0405. The summed E-state index contributed by atoms with van der Waals surface area (Å²) < 4.78 is 5.45. The van der Waals surface area contributed by atoms with Crippen LogP contribution in [0.4, 0.5) is 0 Å². The molecule has 0 rings (SSSR count). The van der Waals surface area contributed by atoms with Crippen molar-refractivity contribution in [2.75, 3.05) is 6.61 Å². The van der Waals surface area contributed by atoms with Gasteiger partial charge in [-0.3, -0.25) is 4.79 Å². The molecule has 0 aromatic carbocycles. The molecule has 0 atom stereocenters. The molecule has 43 heavy (non-hydrogen) atoms. The van der Waals surface area contributed by atoms with Gasteiger partial charge in [0.1, 0.15) is 0 Å². The lowest BCUT2D eigenvalue weighted by molar-refractivity contribution is -0.143. The number of rotatable bonds is 36. The summed E-state index contributed by atoms with van der Waals surface area (Å²) in [5, 5.41) is 0. The van der Waals surface area contributed by atoms with Crippen LogP contribution in [0.15, 0.2) is 24.3 Å². The number of allylic oxidation sites excluding steroid dienone is 4. The molecule has 0 aliphatic rings. The van der Waals surface area contributed by atoms with Crippen molar-refractivity contribution < 1.29 is 9.53 Å². The zero-order valence-corrected chi connectivity index (χ0v) is 29.7. The maximum absolute atomic E-state index is 12.0. The summed E-state index contributed by atoms with van der Waals surface area (Å²) in [6, 6.07) is 0. The molecule has 0 saturated heterocycles. The first kappa shape index (κ1) is 42.0. The molecule has 0 aliphatic carbocycles. The van der Waals surface area contributed by atoms with Crippen LogP contribution in [-0.2, 0) is 9.53 Å². The highest BCUT2D eigenvalue weighted by Gasteiger charge is 2.02. The van der Waals surface area contributed by atoms with Gasteiger partial charge in [-0.15, -0.1) is 0 Å². The average molecular weight is 603 g/mol. The molecule has 0 bridgehead atoms. The Bertz CT molecular complexity index is 578. The summed E-state index contributed by atoms with van der Waals surface area (Å²) >= 11 is 0. The molecule has 0 unspecified atom stereocenters. The number of carbonyl (C=O) groups is 1. The minimum atomic E-state index is 0.0185. The third-order valence-electron chi connectivity index (χ3n) is 8.84. The van der Waals surface area contributed by atoms with E-state index in [9.17, 15) is 4.79 Å². The van der Waals surface area contributed by atoms with Crippen molar-refractivity contribution in [2.24, 2.45) is 0 Å². The van der Waals surface area contributed by atoms with Crippen LogP contribution in [0.3, 0.4) is 0 Å². The third kappa shape index (κ3) is 38.9. The molecule has 0 aliphatic heterocycles. The van der Waals surface area contributed by atoms with Crippen LogP contribution < -0.4 is 0 Å². The zero-order valence-electron chi connectivity index (χ0n) is 29.7. The second-order valence-corrected chi connectivity index (χ2v) is 13.3.